The smallest absolute Gasteiger partial charge is 0.0641 e. The summed E-state index contributed by atoms with van der Waals surface area (Å²) in [6.07, 6.45) is 5.88. The molecule has 2 heterocycles. The summed E-state index contributed by atoms with van der Waals surface area (Å²) in [6, 6.07) is 2.04. The van der Waals surface area contributed by atoms with Gasteiger partial charge in [-0.3, -0.25) is 4.98 Å². The average molecular weight is 220 g/mol. The molecule has 0 bridgehead atoms. The zero-order valence-electron chi connectivity index (χ0n) is 10.5. The Balaban J connectivity index is 0.000000606. The number of rotatable bonds is 3. The van der Waals surface area contributed by atoms with Crippen LogP contribution < -0.4 is 0 Å². The minimum atomic E-state index is 0.742. The molecule has 2 aromatic rings. The van der Waals surface area contributed by atoms with Gasteiger partial charge in [-0.05, 0) is 18.6 Å². The Morgan fingerprint density at radius 1 is 1.38 bits per heavy atom. The van der Waals surface area contributed by atoms with E-state index in [-0.39, 0.29) is 0 Å². The molecule has 0 aliphatic heterocycles. The van der Waals surface area contributed by atoms with Crippen LogP contribution in [-0.4, -0.2) is 23.3 Å². The summed E-state index contributed by atoms with van der Waals surface area (Å²) in [7, 11) is 1.72. The first-order chi connectivity index (χ1) is 7.83. The van der Waals surface area contributed by atoms with E-state index in [9.17, 15) is 0 Å². The van der Waals surface area contributed by atoms with Gasteiger partial charge in [-0.25, -0.2) is 0 Å². The normalized spacial score (nSPS) is 10.0. The standard InChI is InChI=1S/C11H14N2O.C2H6/c1-9-8-13(5-6-14-2)11-3-4-12-7-10(9)11;1-2/h3-4,7-8H,5-6H2,1-2H3;1-2H3. The first kappa shape index (κ1) is 12.7. The zero-order valence-corrected chi connectivity index (χ0v) is 10.5. The lowest BCUT2D eigenvalue weighted by Crippen LogP contribution is -2.02. The number of pyridine rings is 1. The lowest BCUT2D eigenvalue weighted by Gasteiger charge is -2.03. The fraction of sp³-hybridized carbons (Fsp3) is 0.462. The Labute approximate surface area is 97.1 Å². The Bertz CT molecular complexity index is 434. The highest BCUT2D eigenvalue weighted by molar-refractivity contribution is 5.82. The number of aryl methyl sites for hydroxylation is 1. The van der Waals surface area contributed by atoms with Crippen molar-refractivity contribution in [3.05, 3.63) is 30.2 Å². The van der Waals surface area contributed by atoms with Gasteiger partial charge in [0.1, 0.15) is 0 Å². The van der Waals surface area contributed by atoms with E-state index in [0.717, 1.165) is 13.2 Å². The van der Waals surface area contributed by atoms with Crippen molar-refractivity contribution in [2.45, 2.75) is 27.3 Å². The van der Waals surface area contributed by atoms with Gasteiger partial charge < -0.3 is 9.30 Å². The molecule has 0 spiro atoms. The van der Waals surface area contributed by atoms with E-state index in [1.165, 1.54) is 16.5 Å². The number of hydrogen-bond donors (Lipinski definition) is 0. The van der Waals surface area contributed by atoms with Gasteiger partial charge in [-0.2, -0.15) is 0 Å². The Morgan fingerprint density at radius 3 is 2.81 bits per heavy atom. The van der Waals surface area contributed by atoms with E-state index in [4.69, 9.17) is 4.74 Å². The Morgan fingerprint density at radius 2 is 2.12 bits per heavy atom. The molecule has 88 valence electrons. The second-order valence-electron chi connectivity index (χ2n) is 3.39. The fourth-order valence-corrected chi connectivity index (χ4v) is 1.69. The highest BCUT2D eigenvalue weighted by atomic mass is 16.5. The molecule has 16 heavy (non-hydrogen) atoms. The molecule has 0 atom stereocenters. The van der Waals surface area contributed by atoms with Gasteiger partial charge in [0.15, 0.2) is 0 Å². The van der Waals surface area contributed by atoms with Crippen LogP contribution in [0.1, 0.15) is 19.4 Å². The predicted molar refractivity (Wildman–Crippen MR) is 67.7 cm³/mol. The van der Waals surface area contributed by atoms with E-state index < -0.39 is 0 Å². The van der Waals surface area contributed by atoms with Crippen LogP contribution in [0.25, 0.3) is 10.9 Å². The Kier molecular flexibility index (Phi) is 4.99. The molecule has 0 amide bonds. The molecule has 0 unspecified atom stereocenters. The van der Waals surface area contributed by atoms with Crippen molar-refractivity contribution >= 4 is 10.9 Å². The maximum atomic E-state index is 5.07. The SMILES string of the molecule is CC.COCCn1cc(C)c2cnccc21. The summed E-state index contributed by atoms with van der Waals surface area (Å²) < 4.78 is 7.27. The fourth-order valence-electron chi connectivity index (χ4n) is 1.69. The quantitative estimate of drug-likeness (QED) is 0.795. The molecule has 3 heteroatoms. The molecule has 0 saturated heterocycles. The summed E-state index contributed by atoms with van der Waals surface area (Å²) >= 11 is 0. The maximum absolute atomic E-state index is 5.07. The average Bonchev–Trinajstić information content (AvgIpc) is 2.67. The van der Waals surface area contributed by atoms with Gasteiger partial charge in [0.05, 0.1) is 12.1 Å². The minimum Gasteiger partial charge on any atom is -0.383 e. The lowest BCUT2D eigenvalue weighted by molar-refractivity contribution is 0.188. The number of hydrogen-bond acceptors (Lipinski definition) is 2. The molecule has 3 nitrogen and oxygen atoms in total. The maximum Gasteiger partial charge on any atom is 0.0641 e. The van der Waals surface area contributed by atoms with Gasteiger partial charge in [-0.15, -0.1) is 0 Å². The number of fused-ring (bicyclic) bond motifs is 1. The minimum absolute atomic E-state index is 0.742. The lowest BCUT2D eigenvalue weighted by atomic mass is 10.2. The van der Waals surface area contributed by atoms with Crippen LogP contribution in [0, 0.1) is 6.92 Å². The van der Waals surface area contributed by atoms with Crippen molar-refractivity contribution in [3.63, 3.8) is 0 Å². The van der Waals surface area contributed by atoms with E-state index in [2.05, 4.69) is 22.7 Å². The summed E-state index contributed by atoms with van der Waals surface area (Å²) in [5.41, 5.74) is 2.50. The van der Waals surface area contributed by atoms with Crippen LogP contribution in [0.2, 0.25) is 0 Å². The molecule has 0 saturated carbocycles. The molecular weight excluding hydrogens is 200 g/mol. The number of ether oxygens (including phenoxy) is 1. The van der Waals surface area contributed by atoms with Gasteiger partial charge in [-0.1, -0.05) is 13.8 Å². The second kappa shape index (κ2) is 6.28. The topological polar surface area (TPSA) is 27.1 Å². The van der Waals surface area contributed by atoms with Crippen LogP contribution in [0.3, 0.4) is 0 Å². The second-order valence-corrected chi connectivity index (χ2v) is 3.39. The van der Waals surface area contributed by atoms with E-state index >= 15 is 0 Å². The van der Waals surface area contributed by atoms with Crippen LogP contribution in [0.15, 0.2) is 24.7 Å². The van der Waals surface area contributed by atoms with Crippen molar-refractivity contribution in [2.24, 2.45) is 0 Å². The number of methoxy groups -OCH3 is 1. The molecular formula is C13H20N2O. The largest absolute Gasteiger partial charge is 0.383 e. The van der Waals surface area contributed by atoms with Crippen LogP contribution >= 0.6 is 0 Å². The third-order valence-corrected chi connectivity index (χ3v) is 2.42. The van der Waals surface area contributed by atoms with Crippen molar-refractivity contribution in [1.29, 1.82) is 0 Å². The molecule has 0 aliphatic rings. The summed E-state index contributed by atoms with van der Waals surface area (Å²) in [6.45, 7) is 7.74. The highest BCUT2D eigenvalue weighted by Gasteiger charge is 2.03. The van der Waals surface area contributed by atoms with Crippen LogP contribution in [0.4, 0.5) is 0 Å². The molecule has 0 aliphatic carbocycles. The van der Waals surface area contributed by atoms with Crippen molar-refractivity contribution in [3.8, 4) is 0 Å². The summed E-state index contributed by atoms with van der Waals surface area (Å²) in [4.78, 5) is 4.12. The number of nitrogens with zero attached hydrogens (tertiary/aromatic N) is 2. The van der Waals surface area contributed by atoms with E-state index in [1.807, 2.05) is 32.3 Å². The van der Waals surface area contributed by atoms with Gasteiger partial charge in [0.2, 0.25) is 0 Å². The predicted octanol–water partition coefficient (Wildman–Crippen LogP) is 3.02. The van der Waals surface area contributed by atoms with Crippen molar-refractivity contribution in [1.82, 2.24) is 9.55 Å². The van der Waals surface area contributed by atoms with E-state index in [1.54, 1.807) is 7.11 Å². The monoisotopic (exact) mass is 220 g/mol. The van der Waals surface area contributed by atoms with Crippen LogP contribution in [0.5, 0.6) is 0 Å². The summed E-state index contributed by atoms with van der Waals surface area (Å²) in [5, 5.41) is 1.23. The molecule has 0 radical (unpaired) electrons. The first-order valence-electron chi connectivity index (χ1n) is 5.71. The molecule has 2 aromatic heterocycles. The summed E-state index contributed by atoms with van der Waals surface area (Å²) in [5.74, 6) is 0. The van der Waals surface area contributed by atoms with Crippen LogP contribution in [-0.2, 0) is 11.3 Å². The molecule has 0 N–H and O–H groups in total. The third-order valence-electron chi connectivity index (χ3n) is 2.42. The molecule has 2 rings (SSSR count). The molecule has 0 aromatic carbocycles. The zero-order chi connectivity index (χ0) is 12.0. The van der Waals surface area contributed by atoms with Gasteiger partial charge in [0.25, 0.3) is 0 Å². The number of aromatic nitrogens is 2. The third kappa shape index (κ3) is 2.61. The Hall–Kier alpha value is -1.35. The van der Waals surface area contributed by atoms with E-state index in [0.29, 0.717) is 0 Å². The van der Waals surface area contributed by atoms with Crippen molar-refractivity contribution in [2.75, 3.05) is 13.7 Å². The van der Waals surface area contributed by atoms with Gasteiger partial charge >= 0.3 is 0 Å². The molecule has 0 fully saturated rings. The van der Waals surface area contributed by atoms with Gasteiger partial charge in [0, 0.05) is 37.6 Å². The highest BCUT2D eigenvalue weighted by Crippen LogP contribution is 2.18. The first-order valence-corrected chi connectivity index (χ1v) is 5.71. The van der Waals surface area contributed by atoms with Crippen molar-refractivity contribution < 1.29 is 4.74 Å².